The van der Waals surface area contributed by atoms with Gasteiger partial charge in [0.1, 0.15) is 11.6 Å². The van der Waals surface area contributed by atoms with Gasteiger partial charge in [0.25, 0.3) is 0 Å². The summed E-state index contributed by atoms with van der Waals surface area (Å²) in [5.74, 6) is 2.40. The molecule has 3 fully saturated rings. The molecule has 0 aliphatic carbocycles. The summed E-state index contributed by atoms with van der Waals surface area (Å²) in [6.45, 7) is 6.99. The maximum absolute atomic E-state index is 10.3. The van der Waals surface area contributed by atoms with Gasteiger partial charge < -0.3 is 19.6 Å². The number of morpholine rings is 1. The highest BCUT2D eigenvalue weighted by Crippen LogP contribution is 2.36. The molecular weight excluding hydrogens is 428 g/mol. The molecule has 8 nitrogen and oxygen atoms in total. The van der Waals surface area contributed by atoms with Crippen molar-refractivity contribution in [2.24, 2.45) is 0 Å². The number of nitrogens with zero attached hydrogens (tertiary/aromatic N) is 6. The molecule has 5 heterocycles. The highest BCUT2D eigenvalue weighted by molar-refractivity contribution is 6.34. The fourth-order valence-corrected chi connectivity index (χ4v) is 5.45. The molecule has 32 heavy (non-hydrogen) atoms. The van der Waals surface area contributed by atoms with E-state index in [1.807, 2.05) is 36.9 Å². The van der Waals surface area contributed by atoms with E-state index >= 15 is 0 Å². The predicted octanol–water partition coefficient (Wildman–Crippen LogP) is 3.11. The normalized spacial score (nSPS) is 24.6. The van der Waals surface area contributed by atoms with Crippen LogP contribution in [-0.2, 0) is 4.74 Å². The molecule has 0 amide bonds. The van der Waals surface area contributed by atoms with Gasteiger partial charge in [0, 0.05) is 31.1 Å². The molecule has 0 saturated carbocycles. The summed E-state index contributed by atoms with van der Waals surface area (Å²) in [7, 11) is 0. The van der Waals surface area contributed by atoms with E-state index in [1.165, 1.54) is 0 Å². The molecule has 0 radical (unpaired) electrons. The smallest absolute Gasteiger partial charge is 0.159 e. The van der Waals surface area contributed by atoms with Gasteiger partial charge in [-0.25, -0.2) is 14.6 Å². The van der Waals surface area contributed by atoms with Crippen LogP contribution in [0.5, 0.6) is 0 Å². The summed E-state index contributed by atoms with van der Waals surface area (Å²) in [6.07, 6.45) is 4.63. The molecule has 2 aromatic heterocycles. The van der Waals surface area contributed by atoms with Crippen molar-refractivity contribution < 1.29 is 9.84 Å². The third kappa shape index (κ3) is 3.41. The molecule has 3 aliphatic rings. The second kappa shape index (κ2) is 7.30. The lowest BCUT2D eigenvalue weighted by Crippen LogP contribution is -2.42. The van der Waals surface area contributed by atoms with Crippen LogP contribution in [0.15, 0.2) is 24.4 Å². The average molecular weight is 455 g/mol. The highest BCUT2D eigenvalue weighted by Gasteiger charge is 2.40. The molecule has 9 heteroatoms. The van der Waals surface area contributed by atoms with Gasteiger partial charge in [0.15, 0.2) is 5.82 Å². The fraction of sp³-hybridized carbons (Fsp3) is 0.522. The summed E-state index contributed by atoms with van der Waals surface area (Å²) < 4.78 is 7.63. The van der Waals surface area contributed by atoms with Gasteiger partial charge in [0.05, 0.1) is 46.8 Å². The SMILES string of the molecule is Cc1nc(N2C[C@@H]3C[C@H]2CO3)cc(-n2ncc3cc(Cl)c(N4CCC(C)(O)CC4)cc32)n1. The maximum Gasteiger partial charge on any atom is 0.159 e. The molecule has 2 bridgehead atoms. The second-order valence-corrected chi connectivity index (χ2v) is 9.94. The lowest BCUT2D eigenvalue weighted by Gasteiger charge is -2.37. The molecule has 3 aromatic rings. The van der Waals surface area contributed by atoms with Crippen molar-refractivity contribution in [1.82, 2.24) is 19.7 Å². The average Bonchev–Trinajstić information content (AvgIpc) is 3.48. The molecule has 6 rings (SSSR count). The van der Waals surface area contributed by atoms with Crippen LogP contribution in [0.2, 0.25) is 5.02 Å². The minimum absolute atomic E-state index is 0.305. The number of piperidine rings is 1. The minimum Gasteiger partial charge on any atom is -0.390 e. The number of halogens is 1. The Morgan fingerprint density at radius 1 is 1.16 bits per heavy atom. The lowest BCUT2D eigenvalue weighted by atomic mass is 9.93. The first-order valence-electron chi connectivity index (χ1n) is 11.3. The number of ether oxygens (including phenoxy) is 1. The van der Waals surface area contributed by atoms with Gasteiger partial charge in [-0.15, -0.1) is 0 Å². The first-order chi connectivity index (χ1) is 15.4. The Balaban J connectivity index is 1.38. The Kier molecular flexibility index (Phi) is 4.61. The zero-order valence-corrected chi connectivity index (χ0v) is 19.1. The first kappa shape index (κ1) is 20.2. The third-order valence-electron chi connectivity index (χ3n) is 7.04. The van der Waals surface area contributed by atoms with E-state index in [-0.39, 0.29) is 0 Å². The van der Waals surface area contributed by atoms with Crippen molar-refractivity contribution in [1.29, 1.82) is 0 Å². The van der Waals surface area contributed by atoms with Crippen LogP contribution >= 0.6 is 11.6 Å². The Labute approximate surface area is 191 Å². The molecule has 168 valence electrons. The van der Waals surface area contributed by atoms with Gasteiger partial charge in [-0.05, 0) is 45.2 Å². The molecule has 3 aliphatic heterocycles. The first-order valence-corrected chi connectivity index (χ1v) is 11.6. The summed E-state index contributed by atoms with van der Waals surface area (Å²) >= 11 is 6.65. The van der Waals surface area contributed by atoms with Crippen LogP contribution in [0.4, 0.5) is 11.5 Å². The molecule has 0 spiro atoms. The second-order valence-electron chi connectivity index (χ2n) is 9.53. The summed E-state index contributed by atoms with van der Waals surface area (Å²) in [5.41, 5.74) is 1.32. The Morgan fingerprint density at radius 3 is 2.66 bits per heavy atom. The molecule has 1 aromatic carbocycles. The number of aromatic nitrogens is 4. The standard InChI is InChI=1S/C23H27ClN6O2/c1-14-26-21(29-12-17-8-16(29)13-32-17)10-22(27-14)30-19-9-20(18(24)7-15(19)11-25-30)28-5-3-23(2,31)4-6-28/h7,9-11,16-17,31H,3-6,8,12-13H2,1-2H3/t16-,17-/m0/s1. The molecule has 1 N–H and O–H groups in total. The van der Waals surface area contributed by atoms with Gasteiger partial charge >= 0.3 is 0 Å². The van der Waals surface area contributed by atoms with E-state index in [9.17, 15) is 5.11 Å². The van der Waals surface area contributed by atoms with E-state index in [0.29, 0.717) is 17.2 Å². The van der Waals surface area contributed by atoms with Crippen LogP contribution in [0.25, 0.3) is 16.7 Å². The third-order valence-corrected chi connectivity index (χ3v) is 7.34. The summed E-state index contributed by atoms with van der Waals surface area (Å²) in [6, 6.07) is 6.46. The predicted molar refractivity (Wildman–Crippen MR) is 124 cm³/mol. The van der Waals surface area contributed by atoms with Crippen molar-refractivity contribution in [3.05, 3.63) is 35.2 Å². The van der Waals surface area contributed by atoms with Gasteiger partial charge in [-0.3, -0.25) is 0 Å². The van der Waals surface area contributed by atoms with E-state index in [1.54, 1.807) is 0 Å². The van der Waals surface area contributed by atoms with E-state index in [4.69, 9.17) is 26.3 Å². The monoisotopic (exact) mass is 454 g/mol. The van der Waals surface area contributed by atoms with E-state index in [0.717, 1.165) is 79.6 Å². The van der Waals surface area contributed by atoms with Crippen LogP contribution in [0.3, 0.4) is 0 Å². The number of fused-ring (bicyclic) bond motifs is 3. The quantitative estimate of drug-likeness (QED) is 0.651. The largest absolute Gasteiger partial charge is 0.390 e. The van der Waals surface area contributed by atoms with Gasteiger partial charge in [-0.2, -0.15) is 5.10 Å². The Bertz CT molecular complexity index is 1180. The Morgan fingerprint density at radius 2 is 1.94 bits per heavy atom. The van der Waals surface area contributed by atoms with Crippen LogP contribution in [-0.4, -0.2) is 68.8 Å². The summed E-state index contributed by atoms with van der Waals surface area (Å²) in [4.78, 5) is 14.0. The van der Waals surface area contributed by atoms with Crippen LogP contribution in [0, 0.1) is 6.92 Å². The number of hydrogen-bond acceptors (Lipinski definition) is 7. The van der Waals surface area contributed by atoms with Crippen molar-refractivity contribution in [3.8, 4) is 5.82 Å². The van der Waals surface area contributed by atoms with E-state index < -0.39 is 5.60 Å². The van der Waals surface area contributed by atoms with Crippen molar-refractivity contribution in [2.75, 3.05) is 36.0 Å². The number of anilines is 2. The number of aryl methyl sites for hydroxylation is 1. The molecule has 3 saturated heterocycles. The highest BCUT2D eigenvalue weighted by atomic mass is 35.5. The zero-order valence-electron chi connectivity index (χ0n) is 18.3. The Hall–Kier alpha value is -2.42. The molecule has 0 unspecified atom stereocenters. The topological polar surface area (TPSA) is 79.5 Å². The maximum atomic E-state index is 10.3. The number of aliphatic hydroxyl groups is 1. The van der Waals surface area contributed by atoms with Crippen molar-refractivity contribution in [3.63, 3.8) is 0 Å². The summed E-state index contributed by atoms with van der Waals surface area (Å²) in [5, 5.41) is 16.6. The lowest BCUT2D eigenvalue weighted by molar-refractivity contribution is 0.0351. The molecule has 2 atom stereocenters. The van der Waals surface area contributed by atoms with Gasteiger partial charge in [-0.1, -0.05) is 11.6 Å². The minimum atomic E-state index is -0.607. The van der Waals surface area contributed by atoms with Gasteiger partial charge in [0.2, 0.25) is 0 Å². The number of benzene rings is 1. The number of hydrogen-bond donors (Lipinski definition) is 1. The van der Waals surface area contributed by atoms with Crippen LogP contribution in [0.1, 0.15) is 32.0 Å². The zero-order chi connectivity index (χ0) is 22.0. The fourth-order valence-electron chi connectivity index (χ4n) is 5.16. The van der Waals surface area contributed by atoms with Crippen molar-refractivity contribution >= 4 is 34.0 Å². The van der Waals surface area contributed by atoms with Crippen LogP contribution < -0.4 is 9.80 Å². The number of rotatable bonds is 3. The molecular formula is C23H27ClN6O2. The van der Waals surface area contributed by atoms with Crippen molar-refractivity contribution in [2.45, 2.75) is 50.9 Å². The van der Waals surface area contributed by atoms with E-state index in [2.05, 4.69) is 21.0 Å².